The van der Waals surface area contributed by atoms with Gasteiger partial charge in [0.2, 0.25) is 0 Å². The Kier molecular flexibility index (Phi) is 7.12. The van der Waals surface area contributed by atoms with Crippen LogP contribution >= 0.6 is 0 Å². The van der Waals surface area contributed by atoms with Crippen LogP contribution in [0.3, 0.4) is 0 Å². The van der Waals surface area contributed by atoms with E-state index in [2.05, 4.69) is 70.7 Å². The van der Waals surface area contributed by atoms with E-state index in [1.54, 1.807) is 0 Å². The van der Waals surface area contributed by atoms with Crippen LogP contribution in [0.1, 0.15) is 114 Å². The van der Waals surface area contributed by atoms with Gasteiger partial charge in [0.05, 0.1) is 47.2 Å². The second-order valence-electron chi connectivity index (χ2n) is 22.2. The third-order valence-corrected chi connectivity index (χ3v) is 16.3. The Morgan fingerprint density at radius 1 is 0.406 bits per heavy atom. The number of hydrogen-bond donors (Lipinski definition) is 2. The van der Waals surface area contributed by atoms with Gasteiger partial charge in [0.1, 0.15) is 24.4 Å². The first-order chi connectivity index (χ1) is 30.5. The zero-order chi connectivity index (χ0) is 43.1. The van der Waals surface area contributed by atoms with Crippen molar-refractivity contribution in [2.75, 3.05) is 0 Å². The van der Waals surface area contributed by atoms with Gasteiger partial charge in [-0.1, -0.05) is 24.3 Å². The van der Waals surface area contributed by atoms with E-state index >= 15 is 0 Å². The summed E-state index contributed by atoms with van der Waals surface area (Å²) in [4.78, 5) is 19.0. The molecule has 2 N–H and O–H groups in total. The summed E-state index contributed by atoms with van der Waals surface area (Å²) in [5, 5.41) is 0. The van der Waals surface area contributed by atoms with E-state index < -0.39 is 23.1 Å². The molecule has 14 unspecified atom stereocenters. The summed E-state index contributed by atoms with van der Waals surface area (Å²) in [5.41, 5.74) is 15.3. The molecule has 0 spiro atoms. The molecule has 6 fully saturated rings. The van der Waals surface area contributed by atoms with Gasteiger partial charge in [-0.3, -0.25) is 0 Å². The number of fused-ring (bicyclic) bond motifs is 28. The maximum atomic E-state index is 6.67. The number of aromatic amines is 2. The van der Waals surface area contributed by atoms with Crippen molar-refractivity contribution in [1.29, 1.82) is 0 Å². The zero-order valence-electron chi connectivity index (χ0n) is 37.4. The maximum absolute atomic E-state index is 6.67. The summed E-state index contributed by atoms with van der Waals surface area (Å²) in [5.74, 6) is -1.96. The lowest BCUT2D eigenvalue weighted by Crippen LogP contribution is -2.30. The lowest BCUT2D eigenvalue weighted by Gasteiger charge is -2.24. The van der Waals surface area contributed by atoms with Crippen molar-refractivity contribution in [2.45, 2.75) is 152 Å². The number of rotatable bonds is 2. The van der Waals surface area contributed by atoms with Crippen molar-refractivity contribution in [3.63, 3.8) is 0 Å². The second-order valence-corrected chi connectivity index (χ2v) is 22.2. The maximum Gasteiger partial charge on any atom is 0.164 e. The van der Waals surface area contributed by atoms with E-state index in [1.807, 2.05) is 55.4 Å². The Morgan fingerprint density at radius 2 is 0.750 bits per heavy atom. The molecule has 12 bridgehead atoms. The molecule has 12 nitrogen and oxygen atoms in total. The number of hydrogen-bond acceptors (Lipinski definition) is 10. The highest BCUT2D eigenvalue weighted by Gasteiger charge is 2.63. The smallest absolute Gasteiger partial charge is 0.164 e. The summed E-state index contributed by atoms with van der Waals surface area (Å²) >= 11 is 0. The molecule has 3 aromatic rings. The molecule has 12 aliphatic rings. The topological polar surface area (TPSA) is 131 Å². The van der Waals surface area contributed by atoms with Gasteiger partial charge in [-0.05, 0) is 138 Å². The first-order valence-corrected chi connectivity index (χ1v) is 23.6. The van der Waals surface area contributed by atoms with Gasteiger partial charge in [-0.2, -0.15) is 0 Å². The minimum atomic E-state index is -0.674. The van der Waals surface area contributed by atoms with Crippen LogP contribution in [-0.4, -0.2) is 91.9 Å². The Bertz CT molecular complexity index is 2760. The Labute approximate surface area is 371 Å². The fourth-order valence-corrected chi connectivity index (χ4v) is 14.4. The molecule has 0 aromatic carbocycles. The van der Waals surface area contributed by atoms with E-state index in [-0.39, 0.29) is 84.3 Å². The quantitative estimate of drug-likeness (QED) is 0.241. The predicted molar refractivity (Wildman–Crippen MR) is 237 cm³/mol. The second kappa shape index (κ2) is 12.0. The van der Waals surface area contributed by atoms with E-state index in [4.69, 9.17) is 47.9 Å². The molecule has 6 aliphatic carbocycles. The van der Waals surface area contributed by atoms with Gasteiger partial charge in [-0.15, -0.1) is 0 Å². The van der Waals surface area contributed by atoms with Gasteiger partial charge < -0.3 is 47.9 Å². The molecular formula is C52H54N4O8. The van der Waals surface area contributed by atoms with Crippen molar-refractivity contribution in [3.8, 4) is 0 Å². The largest absolute Gasteiger partial charge is 0.355 e. The van der Waals surface area contributed by atoms with Crippen LogP contribution in [0, 0.1) is 23.7 Å². The van der Waals surface area contributed by atoms with Gasteiger partial charge in [0, 0.05) is 57.6 Å². The molecule has 4 saturated heterocycles. The average molecular weight is 863 g/mol. The van der Waals surface area contributed by atoms with Gasteiger partial charge in [0.15, 0.2) is 23.1 Å². The SMILES string of the molecule is CC1(C)OC2C=CC(c3cc4cc5nc(cc6nc(cc7cc(C8C=CC9OC(C)(C)OC98)c(cc3[nH]4)[nH]7)C3=C6C4CC3C3OC(C)(C)OC43)C3=C5C4CC3C3OC(C)(C)OC43)C2O1. The summed E-state index contributed by atoms with van der Waals surface area (Å²) < 4.78 is 52.6. The van der Waals surface area contributed by atoms with E-state index in [9.17, 15) is 0 Å². The van der Waals surface area contributed by atoms with Crippen LogP contribution < -0.4 is 0 Å². The van der Waals surface area contributed by atoms with Crippen LogP contribution in [-0.2, 0) is 37.9 Å². The van der Waals surface area contributed by atoms with E-state index in [1.165, 1.54) is 22.3 Å². The molecule has 14 atom stereocenters. The van der Waals surface area contributed by atoms with Crippen molar-refractivity contribution in [2.24, 2.45) is 23.7 Å². The first-order valence-electron chi connectivity index (χ1n) is 23.6. The zero-order valence-corrected chi connectivity index (χ0v) is 37.4. The lowest BCUT2D eigenvalue weighted by molar-refractivity contribution is -0.156. The lowest BCUT2D eigenvalue weighted by atomic mass is 9.85. The molecule has 3 aromatic heterocycles. The van der Waals surface area contributed by atoms with Crippen molar-refractivity contribution < 1.29 is 37.9 Å². The highest BCUT2D eigenvalue weighted by molar-refractivity contribution is 6.02. The number of aromatic nitrogens is 4. The Hall–Kier alpha value is -4.24. The molecule has 6 aliphatic heterocycles. The molecule has 0 radical (unpaired) electrons. The Morgan fingerprint density at radius 3 is 1.14 bits per heavy atom. The summed E-state index contributed by atoms with van der Waals surface area (Å²) in [7, 11) is 0. The van der Waals surface area contributed by atoms with Gasteiger partial charge in [0.25, 0.3) is 0 Å². The number of H-pyrrole nitrogens is 2. The van der Waals surface area contributed by atoms with Crippen LogP contribution in [0.2, 0.25) is 0 Å². The summed E-state index contributed by atoms with van der Waals surface area (Å²) in [6.07, 6.45) is 10.2. The molecule has 64 heavy (non-hydrogen) atoms. The Balaban J connectivity index is 0.983. The predicted octanol–water partition coefficient (Wildman–Crippen LogP) is 8.82. The molecule has 15 rings (SSSR count). The fourth-order valence-electron chi connectivity index (χ4n) is 14.4. The third kappa shape index (κ3) is 5.17. The normalized spacial score (nSPS) is 41.1. The minimum absolute atomic E-state index is 0.0114. The number of nitrogens with zero attached hydrogens (tertiary/aromatic N) is 2. The van der Waals surface area contributed by atoms with Crippen LogP contribution in [0.5, 0.6) is 0 Å². The molecule has 12 heteroatoms. The van der Waals surface area contributed by atoms with Crippen molar-refractivity contribution in [1.82, 2.24) is 19.9 Å². The molecule has 2 saturated carbocycles. The highest BCUT2D eigenvalue weighted by atomic mass is 16.8. The van der Waals surface area contributed by atoms with Crippen molar-refractivity contribution in [3.05, 3.63) is 94.6 Å². The number of nitrogens with one attached hydrogen (secondary N) is 2. The molecule has 330 valence electrons. The molecule has 9 heterocycles. The highest BCUT2D eigenvalue weighted by Crippen LogP contribution is 2.64. The molecular weight excluding hydrogens is 809 g/mol. The third-order valence-electron chi connectivity index (χ3n) is 16.3. The minimum Gasteiger partial charge on any atom is -0.355 e. The standard InChI is InChI=1S/C52H54N4O8/c1-49(2)57-37-11-9-23(43(37)59-49)25-13-21-15-33-39-27-17-29(47-45(27)61-51(5,6)63-47)41(39)35(55-33)20-36-42-30-18-28(46-48(30)64-52(7,8)62-46)40(42)34(56-36)16-22-14-26(32(54-22)19-31(25)53-21)24-10-12-38-44(24)60-50(3,4)58-38/h9-16,19-20,23-24,27-30,37-38,43-48,53-54H,17-18H2,1-8H3. The van der Waals surface area contributed by atoms with Crippen LogP contribution in [0.25, 0.3) is 44.4 Å². The number of ether oxygens (including phenoxy) is 8. The summed E-state index contributed by atoms with van der Waals surface area (Å²) in [6.45, 7) is 16.2. The van der Waals surface area contributed by atoms with Gasteiger partial charge in [-0.25, -0.2) is 9.97 Å². The fraction of sp³-hybridized carbons (Fsp3) is 0.538. The monoisotopic (exact) mass is 862 g/mol. The molecule has 0 amide bonds. The first kappa shape index (κ1) is 37.9. The summed E-state index contributed by atoms with van der Waals surface area (Å²) in [6, 6.07) is 13.7. The van der Waals surface area contributed by atoms with Crippen molar-refractivity contribution >= 4 is 44.4 Å². The average Bonchev–Trinajstić information content (AvgIpc) is 4.01. The van der Waals surface area contributed by atoms with E-state index in [0.717, 1.165) is 68.8 Å². The van der Waals surface area contributed by atoms with Crippen LogP contribution in [0.4, 0.5) is 0 Å². The van der Waals surface area contributed by atoms with Crippen LogP contribution in [0.15, 0.2) is 60.7 Å². The van der Waals surface area contributed by atoms with E-state index in [0.29, 0.717) is 0 Å². The van der Waals surface area contributed by atoms with Gasteiger partial charge >= 0.3 is 0 Å².